The van der Waals surface area contributed by atoms with Gasteiger partial charge in [0.2, 0.25) is 5.91 Å². The number of rotatable bonds is 9. The molecule has 1 aliphatic carbocycles. The molecule has 0 aromatic rings. The molecule has 9 heteroatoms. The smallest absolute Gasteiger partial charge is 0.352 e. The van der Waals surface area contributed by atoms with E-state index in [-0.39, 0.29) is 28.4 Å². The van der Waals surface area contributed by atoms with Crippen molar-refractivity contribution >= 4 is 31.2 Å². The molecular weight excluding hydrogens is 329 g/mol. The summed E-state index contributed by atoms with van der Waals surface area (Å²) in [5.41, 5.74) is -0.434. The molecule has 1 unspecified atom stereocenters. The van der Waals surface area contributed by atoms with Crippen LogP contribution in [0.5, 0.6) is 0 Å². The van der Waals surface area contributed by atoms with Gasteiger partial charge in [-0.25, -0.2) is 4.79 Å². The van der Waals surface area contributed by atoms with Crippen LogP contribution < -0.4 is 5.32 Å². The molecule has 0 bridgehead atoms. The summed E-state index contributed by atoms with van der Waals surface area (Å²) >= 11 is 1.12. The number of hydrogen-bond acceptors (Lipinski definition) is 4. The van der Waals surface area contributed by atoms with Crippen LogP contribution in [0.4, 0.5) is 0 Å². The number of thioether (sulfide) groups is 1. The topological polar surface area (TPSA) is 124 Å². The summed E-state index contributed by atoms with van der Waals surface area (Å²) in [4.78, 5) is 40.4. The minimum atomic E-state index is -3.99. The fourth-order valence-electron chi connectivity index (χ4n) is 1.94. The lowest BCUT2D eigenvalue weighted by molar-refractivity contribution is -0.135. The first-order valence-corrected chi connectivity index (χ1v) is 9.85. The Morgan fingerprint density at radius 3 is 2.45 bits per heavy atom. The molecule has 1 aliphatic rings. The van der Waals surface area contributed by atoms with Crippen LogP contribution in [0.3, 0.4) is 0 Å². The van der Waals surface area contributed by atoms with E-state index in [9.17, 15) is 14.2 Å². The first-order chi connectivity index (χ1) is 10.0. The van der Waals surface area contributed by atoms with Gasteiger partial charge in [0.1, 0.15) is 5.70 Å². The van der Waals surface area contributed by atoms with Crippen molar-refractivity contribution < 1.29 is 29.0 Å². The Hall–Kier alpha value is -0.820. The van der Waals surface area contributed by atoms with Crippen molar-refractivity contribution in [2.45, 2.75) is 33.1 Å². The van der Waals surface area contributed by atoms with Crippen molar-refractivity contribution in [3.63, 3.8) is 0 Å². The van der Waals surface area contributed by atoms with Gasteiger partial charge in [-0.2, -0.15) is 0 Å². The third-order valence-corrected chi connectivity index (χ3v) is 6.07. The second-order valence-electron chi connectivity index (χ2n) is 6.00. The number of hydrogen-bond donors (Lipinski definition) is 4. The molecule has 1 fully saturated rings. The summed E-state index contributed by atoms with van der Waals surface area (Å²) < 4.78 is 10.6. The molecule has 22 heavy (non-hydrogen) atoms. The average Bonchev–Trinajstić information content (AvgIpc) is 2.99. The van der Waals surface area contributed by atoms with Gasteiger partial charge in [-0.05, 0) is 30.4 Å². The van der Waals surface area contributed by atoms with Crippen LogP contribution in [0.2, 0.25) is 0 Å². The Morgan fingerprint density at radius 1 is 1.41 bits per heavy atom. The van der Waals surface area contributed by atoms with Crippen molar-refractivity contribution in [2.75, 3.05) is 11.2 Å². The van der Waals surface area contributed by atoms with Gasteiger partial charge in [-0.15, -0.1) is 11.8 Å². The van der Waals surface area contributed by atoms with E-state index in [0.717, 1.165) is 18.2 Å². The van der Waals surface area contributed by atoms with Gasteiger partial charge in [0.15, 0.2) is 0 Å². The van der Waals surface area contributed by atoms with Crippen LogP contribution in [0, 0.1) is 11.3 Å². The van der Waals surface area contributed by atoms with Crippen molar-refractivity contribution in [1.29, 1.82) is 0 Å². The number of carbonyl (C=O) groups is 2. The minimum Gasteiger partial charge on any atom is -0.477 e. The van der Waals surface area contributed by atoms with Crippen molar-refractivity contribution in [2.24, 2.45) is 11.3 Å². The van der Waals surface area contributed by atoms with Crippen molar-refractivity contribution in [3.05, 3.63) is 11.8 Å². The van der Waals surface area contributed by atoms with Gasteiger partial charge in [0, 0.05) is 5.92 Å². The molecule has 7 nitrogen and oxygen atoms in total. The maximum Gasteiger partial charge on any atom is 0.352 e. The lowest BCUT2D eigenvalue weighted by atomic mass is 10.1. The lowest BCUT2D eigenvalue weighted by Gasteiger charge is -2.07. The normalized spacial score (nSPS) is 20.5. The minimum absolute atomic E-state index is 0.0626. The highest BCUT2D eigenvalue weighted by molar-refractivity contribution is 8.04. The zero-order chi connectivity index (χ0) is 17.0. The number of aliphatic carboxylic acids is 1. The number of carbonyl (C=O) groups excluding carboxylic acids is 1. The number of amides is 1. The molecular formula is C13H22NO6PS. The summed E-state index contributed by atoms with van der Waals surface area (Å²) in [5, 5.41) is 11.5. The molecule has 1 rings (SSSR count). The molecule has 0 radical (unpaired) electrons. The standard InChI is InChI=1S/C13H22NO6PS/c1-13(2)7-9(13)11(15)14-10(12(16)17)5-3-4-6-22-8-21(18,19)20/h5,9H,3-4,6-8H2,1-2H3,(H,14,15)(H,16,17)(H2,18,19,20)/b10-5+. The monoisotopic (exact) mass is 351 g/mol. The van der Waals surface area contributed by atoms with Crippen molar-refractivity contribution in [1.82, 2.24) is 5.32 Å². The van der Waals surface area contributed by atoms with Crippen LogP contribution in [-0.2, 0) is 14.2 Å². The molecule has 0 heterocycles. The first kappa shape index (κ1) is 19.2. The maximum atomic E-state index is 11.9. The van der Waals surface area contributed by atoms with Gasteiger partial charge in [-0.1, -0.05) is 19.9 Å². The number of carboxylic acid groups (broad SMARTS) is 1. The van der Waals surface area contributed by atoms with Crippen LogP contribution in [0.15, 0.2) is 11.8 Å². The van der Waals surface area contributed by atoms with Crippen LogP contribution in [0.1, 0.15) is 33.1 Å². The highest BCUT2D eigenvalue weighted by atomic mass is 32.2. The number of nitrogens with one attached hydrogen (secondary N) is 1. The average molecular weight is 351 g/mol. The fraction of sp³-hybridized carbons (Fsp3) is 0.692. The van der Waals surface area contributed by atoms with E-state index in [1.54, 1.807) is 0 Å². The highest BCUT2D eigenvalue weighted by Crippen LogP contribution is 2.51. The number of carboxylic acids is 1. The summed E-state index contributed by atoms with van der Waals surface area (Å²) in [6.45, 7) is 3.92. The van der Waals surface area contributed by atoms with E-state index in [1.165, 1.54) is 6.08 Å². The van der Waals surface area contributed by atoms with Gasteiger partial charge in [-0.3, -0.25) is 9.36 Å². The predicted molar refractivity (Wildman–Crippen MR) is 84.4 cm³/mol. The molecule has 0 aromatic heterocycles. The molecule has 0 saturated heterocycles. The van der Waals surface area contributed by atoms with E-state index >= 15 is 0 Å². The Morgan fingerprint density at radius 2 is 2.00 bits per heavy atom. The summed E-state index contributed by atoms with van der Waals surface area (Å²) in [5.74, 6) is -1.09. The second-order valence-corrected chi connectivity index (χ2v) is 9.18. The zero-order valence-corrected chi connectivity index (χ0v) is 14.3. The number of allylic oxidation sites excluding steroid dienone is 1. The SMILES string of the molecule is CC1(C)CC1C(=O)N/C(=C/CCCSCP(=O)(O)O)C(=O)O. The van der Waals surface area contributed by atoms with E-state index in [2.05, 4.69) is 5.32 Å². The van der Waals surface area contributed by atoms with E-state index < -0.39 is 13.6 Å². The van der Waals surface area contributed by atoms with Gasteiger partial charge < -0.3 is 20.2 Å². The Labute approximate surface area is 133 Å². The molecule has 0 spiro atoms. The molecule has 1 amide bonds. The molecule has 0 aromatic carbocycles. The largest absolute Gasteiger partial charge is 0.477 e. The molecule has 126 valence electrons. The number of unbranched alkanes of at least 4 members (excludes halogenated alkanes) is 1. The lowest BCUT2D eigenvalue weighted by Crippen LogP contribution is -2.29. The zero-order valence-electron chi connectivity index (χ0n) is 12.6. The summed E-state index contributed by atoms with van der Waals surface area (Å²) in [7, 11) is -3.99. The predicted octanol–water partition coefficient (Wildman–Crippen LogP) is 1.77. The van der Waals surface area contributed by atoms with E-state index in [4.69, 9.17) is 14.9 Å². The van der Waals surface area contributed by atoms with Crippen LogP contribution >= 0.6 is 19.4 Å². The molecule has 4 N–H and O–H groups in total. The third kappa shape index (κ3) is 6.96. The molecule has 0 aliphatic heterocycles. The summed E-state index contributed by atoms with van der Waals surface area (Å²) in [6.07, 6.45) is 3.19. The highest BCUT2D eigenvalue weighted by Gasteiger charge is 2.50. The van der Waals surface area contributed by atoms with Gasteiger partial charge >= 0.3 is 13.6 Å². The second kappa shape index (κ2) is 7.64. The maximum absolute atomic E-state index is 11.9. The van der Waals surface area contributed by atoms with Crippen LogP contribution in [0.25, 0.3) is 0 Å². The third-order valence-electron chi connectivity index (χ3n) is 3.42. The quantitative estimate of drug-likeness (QED) is 0.283. The van der Waals surface area contributed by atoms with Gasteiger partial charge in [0.05, 0.1) is 5.49 Å². The molecule has 1 saturated carbocycles. The fourth-order valence-corrected chi connectivity index (χ4v) is 3.78. The first-order valence-electron chi connectivity index (χ1n) is 6.89. The van der Waals surface area contributed by atoms with Gasteiger partial charge in [0.25, 0.3) is 0 Å². The van der Waals surface area contributed by atoms with Crippen molar-refractivity contribution in [3.8, 4) is 0 Å². The molecule has 1 atom stereocenters. The van der Waals surface area contributed by atoms with Crippen LogP contribution in [-0.4, -0.2) is 38.0 Å². The Balaban J connectivity index is 2.35. The van der Waals surface area contributed by atoms with E-state index in [0.29, 0.717) is 18.6 Å². The summed E-state index contributed by atoms with van der Waals surface area (Å²) in [6, 6.07) is 0. The Bertz CT molecular complexity index is 513. The Kier molecular flexibility index (Phi) is 6.67. The van der Waals surface area contributed by atoms with E-state index in [1.807, 2.05) is 13.8 Å².